The number of carbonyl (C=O) groups is 2. The van der Waals surface area contributed by atoms with Crippen molar-refractivity contribution in [2.75, 3.05) is 12.0 Å². The van der Waals surface area contributed by atoms with Gasteiger partial charge in [0.15, 0.2) is 5.78 Å². The monoisotopic (exact) mass is 308 g/mol. The quantitative estimate of drug-likeness (QED) is 0.626. The second-order valence-corrected chi connectivity index (χ2v) is 6.43. The minimum absolute atomic E-state index is 0.0419. The number of benzene rings is 1. The van der Waals surface area contributed by atoms with Gasteiger partial charge >= 0.3 is 5.97 Å². The molecule has 0 spiro atoms. The molecule has 112 valence electrons. The van der Waals surface area contributed by atoms with Crippen LogP contribution in [-0.4, -0.2) is 43.4 Å². The van der Waals surface area contributed by atoms with E-state index in [0.29, 0.717) is 35.2 Å². The first-order valence-electron chi connectivity index (χ1n) is 6.45. The van der Waals surface area contributed by atoms with E-state index in [1.165, 1.54) is 0 Å². The van der Waals surface area contributed by atoms with Crippen molar-refractivity contribution in [1.29, 1.82) is 0 Å². The minimum Gasteiger partial charge on any atom is -0.617 e. The Labute approximate surface area is 124 Å². The third-order valence-electron chi connectivity index (χ3n) is 3.17. The summed E-state index contributed by atoms with van der Waals surface area (Å²) < 4.78 is 11.0. The van der Waals surface area contributed by atoms with E-state index in [0.717, 1.165) is 5.56 Å². The summed E-state index contributed by atoms with van der Waals surface area (Å²) in [4.78, 5) is 29.7. The van der Waals surface area contributed by atoms with Crippen LogP contribution in [0, 0.1) is 6.92 Å². The van der Waals surface area contributed by atoms with E-state index in [2.05, 4.69) is 9.97 Å². The number of imidazole rings is 1. The van der Waals surface area contributed by atoms with Gasteiger partial charge in [0.05, 0.1) is 17.3 Å². The number of H-pyrrole nitrogens is 1. The van der Waals surface area contributed by atoms with Gasteiger partial charge in [0.1, 0.15) is 5.75 Å². The van der Waals surface area contributed by atoms with E-state index in [-0.39, 0.29) is 11.6 Å². The average molecular weight is 308 g/mol. The number of nitrogens with one attached hydrogen (secondary N) is 1. The maximum Gasteiger partial charge on any atom is 0.371 e. The van der Waals surface area contributed by atoms with E-state index in [4.69, 9.17) is 5.11 Å². The Morgan fingerprint density at radius 2 is 2.14 bits per heavy atom. The third-order valence-corrected chi connectivity index (χ3v) is 4.03. The maximum atomic E-state index is 12.2. The number of ketones is 1. The van der Waals surface area contributed by atoms with E-state index >= 15 is 0 Å². The molecule has 0 aliphatic heterocycles. The molecular formula is C14H16N2O4S. The number of aromatic carboxylic acids is 1. The van der Waals surface area contributed by atoms with Gasteiger partial charge in [0, 0.05) is 12.0 Å². The summed E-state index contributed by atoms with van der Waals surface area (Å²) in [6.07, 6.45) is 2.50. The minimum atomic E-state index is -1.14. The molecule has 2 N–H and O–H groups in total. The van der Waals surface area contributed by atoms with Crippen molar-refractivity contribution in [3.63, 3.8) is 0 Å². The van der Waals surface area contributed by atoms with Gasteiger partial charge in [-0.05, 0) is 31.0 Å². The number of aromatic amines is 1. The summed E-state index contributed by atoms with van der Waals surface area (Å²) in [5.41, 5.74) is 2.36. The number of carboxylic acid groups (broad SMARTS) is 1. The van der Waals surface area contributed by atoms with E-state index < -0.39 is 17.1 Å². The highest BCUT2D eigenvalue weighted by Gasteiger charge is 2.15. The van der Waals surface area contributed by atoms with E-state index in [1.54, 1.807) is 25.3 Å². The molecule has 2 aromatic rings. The Morgan fingerprint density at radius 1 is 1.43 bits per heavy atom. The molecule has 0 radical (unpaired) electrons. The van der Waals surface area contributed by atoms with Gasteiger partial charge in [-0.15, -0.1) is 0 Å². The largest absolute Gasteiger partial charge is 0.617 e. The molecule has 0 amide bonds. The van der Waals surface area contributed by atoms with E-state index in [9.17, 15) is 14.1 Å². The van der Waals surface area contributed by atoms with Crippen LogP contribution in [0.15, 0.2) is 12.1 Å². The maximum absolute atomic E-state index is 12.2. The third kappa shape index (κ3) is 3.62. The van der Waals surface area contributed by atoms with Crippen molar-refractivity contribution in [3.8, 4) is 0 Å². The van der Waals surface area contributed by atoms with Crippen LogP contribution in [0.25, 0.3) is 11.0 Å². The van der Waals surface area contributed by atoms with Crippen molar-refractivity contribution in [1.82, 2.24) is 9.97 Å². The van der Waals surface area contributed by atoms with Crippen molar-refractivity contribution in [2.24, 2.45) is 0 Å². The summed E-state index contributed by atoms with van der Waals surface area (Å²) in [6.45, 7) is 1.80. The lowest BCUT2D eigenvalue weighted by Crippen LogP contribution is -2.07. The number of Topliss-reactive ketones (excluding diaryl/α,β-unsaturated/α-hetero) is 1. The second kappa shape index (κ2) is 6.28. The number of hydrogen-bond donors (Lipinski definition) is 2. The molecule has 1 aromatic heterocycles. The molecular weight excluding hydrogens is 292 g/mol. The Balaban J connectivity index is 2.25. The second-order valence-electron chi connectivity index (χ2n) is 4.88. The molecule has 1 atom stereocenters. The zero-order chi connectivity index (χ0) is 15.6. The standard InChI is InChI=1S/C14H16N2O4S/c1-8-6-10-11(16-13(15-10)14(18)19)7-9(8)12(17)4-3-5-21(2)20/h6-7H,3-5H2,1-2H3,(H,15,16)(H,18,19). The molecule has 6 nitrogen and oxygen atoms in total. The normalized spacial score (nSPS) is 12.5. The highest BCUT2D eigenvalue weighted by molar-refractivity contribution is 7.90. The number of carboxylic acids is 1. The molecule has 0 bridgehead atoms. The summed E-state index contributed by atoms with van der Waals surface area (Å²) in [5, 5.41) is 8.91. The zero-order valence-corrected chi connectivity index (χ0v) is 12.6. The first kappa shape index (κ1) is 15.5. The molecule has 1 aromatic carbocycles. The van der Waals surface area contributed by atoms with Crippen LogP contribution in [0.1, 0.15) is 39.4 Å². The highest BCUT2D eigenvalue weighted by atomic mass is 32.2. The fraction of sp³-hybridized carbons (Fsp3) is 0.357. The molecule has 0 fully saturated rings. The fourth-order valence-electron chi connectivity index (χ4n) is 2.14. The lowest BCUT2D eigenvalue weighted by molar-refractivity contribution is 0.0685. The zero-order valence-electron chi connectivity index (χ0n) is 11.8. The van der Waals surface area contributed by atoms with Crippen LogP contribution in [-0.2, 0) is 11.2 Å². The molecule has 21 heavy (non-hydrogen) atoms. The SMILES string of the molecule is Cc1cc2[nH]c(C(=O)O)nc2cc1C(=O)CCC[S+](C)[O-]. The van der Waals surface area contributed by atoms with Crippen LogP contribution in [0.5, 0.6) is 0 Å². The number of nitrogens with zero attached hydrogens (tertiary/aromatic N) is 1. The van der Waals surface area contributed by atoms with Crippen LogP contribution in [0.4, 0.5) is 0 Å². The molecule has 1 unspecified atom stereocenters. The van der Waals surface area contributed by atoms with Gasteiger partial charge < -0.3 is 14.6 Å². The van der Waals surface area contributed by atoms with Gasteiger partial charge in [-0.2, -0.15) is 0 Å². The number of carbonyl (C=O) groups excluding carboxylic acids is 1. The number of rotatable bonds is 6. The first-order chi connectivity index (χ1) is 9.88. The average Bonchev–Trinajstić information content (AvgIpc) is 2.80. The number of aryl methyl sites for hydroxylation is 1. The number of aromatic nitrogens is 2. The van der Waals surface area contributed by atoms with E-state index in [1.807, 2.05) is 0 Å². The van der Waals surface area contributed by atoms with Gasteiger partial charge in [0.2, 0.25) is 5.82 Å². The lowest BCUT2D eigenvalue weighted by Gasteiger charge is -2.06. The van der Waals surface area contributed by atoms with Gasteiger partial charge in [-0.1, -0.05) is 11.2 Å². The predicted octanol–water partition coefficient (Wildman–Crippen LogP) is 1.91. The summed E-state index contributed by atoms with van der Waals surface area (Å²) >= 11 is -0.903. The molecule has 0 saturated heterocycles. The van der Waals surface area contributed by atoms with Crippen molar-refractivity contribution < 1.29 is 19.2 Å². The Kier molecular flexibility index (Phi) is 4.64. The predicted molar refractivity (Wildman–Crippen MR) is 80.3 cm³/mol. The molecule has 0 aliphatic carbocycles. The molecule has 0 aliphatic rings. The van der Waals surface area contributed by atoms with Crippen LogP contribution < -0.4 is 0 Å². The lowest BCUT2D eigenvalue weighted by atomic mass is 10.0. The topological polar surface area (TPSA) is 106 Å². The van der Waals surface area contributed by atoms with Gasteiger partial charge in [-0.25, -0.2) is 9.78 Å². The molecule has 2 rings (SSSR count). The Bertz CT molecular complexity index is 694. The number of hydrogen-bond acceptors (Lipinski definition) is 4. The van der Waals surface area contributed by atoms with Crippen molar-refractivity contribution >= 4 is 34.0 Å². The Hall–Kier alpha value is -1.86. The van der Waals surface area contributed by atoms with Crippen LogP contribution in [0.2, 0.25) is 0 Å². The Morgan fingerprint density at radius 3 is 2.76 bits per heavy atom. The van der Waals surface area contributed by atoms with Crippen LogP contribution in [0.3, 0.4) is 0 Å². The highest BCUT2D eigenvalue weighted by Crippen LogP contribution is 2.20. The summed E-state index contributed by atoms with van der Waals surface area (Å²) in [5.74, 6) is -0.823. The van der Waals surface area contributed by atoms with Crippen LogP contribution >= 0.6 is 0 Å². The summed E-state index contributed by atoms with van der Waals surface area (Å²) in [7, 11) is 0. The van der Waals surface area contributed by atoms with Crippen molar-refractivity contribution in [3.05, 3.63) is 29.1 Å². The summed E-state index contributed by atoms with van der Waals surface area (Å²) in [6, 6.07) is 3.33. The number of fused-ring (bicyclic) bond motifs is 1. The molecule has 7 heteroatoms. The smallest absolute Gasteiger partial charge is 0.371 e. The first-order valence-corrected chi connectivity index (χ1v) is 8.18. The van der Waals surface area contributed by atoms with Gasteiger partial charge in [-0.3, -0.25) is 4.79 Å². The van der Waals surface area contributed by atoms with Gasteiger partial charge in [0.25, 0.3) is 0 Å². The molecule has 1 heterocycles. The molecule has 0 saturated carbocycles. The van der Waals surface area contributed by atoms with Crippen molar-refractivity contribution in [2.45, 2.75) is 19.8 Å². The fourth-order valence-corrected chi connectivity index (χ4v) is 2.69.